The van der Waals surface area contributed by atoms with Gasteiger partial charge in [0.1, 0.15) is 18.0 Å². The molecular formula is C26H24N8O2. The molecule has 0 radical (unpaired) electrons. The number of piperazine rings is 1. The molecule has 5 aromatic rings. The molecule has 2 aromatic carbocycles. The highest BCUT2D eigenvalue weighted by Gasteiger charge is 2.25. The first-order valence-electron chi connectivity index (χ1n) is 11.8. The van der Waals surface area contributed by atoms with Gasteiger partial charge in [0.25, 0.3) is 5.91 Å². The molecule has 180 valence electrons. The highest BCUT2D eigenvalue weighted by Crippen LogP contribution is 2.20. The fraction of sp³-hybridized carbons (Fsp3) is 0.192. The molecule has 1 amide bonds. The van der Waals surface area contributed by atoms with Gasteiger partial charge in [-0.15, -0.1) is 0 Å². The van der Waals surface area contributed by atoms with Gasteiger partial charge >= 0.3 is 0 Å². The van der Waals surface area contributed by atoms with Crippen molar-refractivity contribution in [3.63, 3.8) is 0 Å². The first-order chi connectivity index (χ1) is 17.7. The molecule has 6 rings (SSSR count). The number of rotatable bonds is 6. The Morgan fingerprint density at radius 1 is 0.917 bits per heavy atom. The summed E-state index contributed by atoms with van der Waals surface area (Å²) >= 11 is 0. The van der Waals surface area contributed by atoms with Crippen LogP contribution in [-0.4, -0.2) is 66.6 Å². The highest BCUT2D eigenvalue weighted by atomic mass is 16.5. The lowest BCUT2D eigenvalue weighted by Gasteiger charge is -2.34. The molecule has 0 N–H and O–H groups in total. The van der Waals surface area contributed by atoms with Crippen LogP contribution >= 0.6 is 0 Å². The van der Waals surface area contributed by atoms with E-state index in [2.05, 4.69) is 25.4 Å². The van der Waals surface area contributed by atoms with Gasteiger partial charge in [-0.1, -0.05) is 35.4 Å². The van der Waals surface area contributed by atoms with Crippen LogP contribution < -0.4 is 9.64 Å². The van der Waals surface area contributed by atoms with Crippen LogP contribution in [0.15, 0.2) is 85.2 Å². The summed E-state index contributed by atoms with van der Waals surface area (Å²) in [5.41, 5.74) is 3.20. The van der Waals surface area contributed by atoms with Crippen LogP contribution in [0.5, 0.6) is 5.75 Å². The third-order valence-corrected chi connectivity index (χ3v) is 6.19. The number of amides is 1. The molecule has 4 heterocycles. The van der Waals surface area contributed by atoms with Gasteiger partial charge in [0.15, 0.2) is 0 Å². The van der Waals surface area contributed by atoms with Gasteiger partial charge < -0.3 is 18.9 Å². The van der Waals surface area contributed by atoms with Crippen molar-refractivity contribution in [3.05, 3.63) is 96.4 Å². The van der Waals surface area contributed by atoms with Gasteiger partial charge in [-0.25, -0.2) is 4.98 Å². The smallest absolute Gasteiger partial charge is 0.254 e. The lowest BCUT2D eigenvalue weighted by molar-refractivity contribution is 0.0745. The van der Waals surface area contributed by atoms with Crippen molar-refractivity contribution in [2.45, 2.75) is 6.61 Å². The van der Waals surface area contributed by atoms with E-state index in [9.17, 15) is 4.79 Å². The van der Waals surface area contributed by atoms with Crippen LogP contribution in [0.1, 0.15) is 16.1 Å². The lowest BCUT2D eigenvalue weighted by Crippen LogP contribution is -2.49. The van der Waals surface area contributed by atoms with Crippen molar-refractivity contribution in [2.24, 2.45) is 0 Å². The number of anilines is 1. The minimum absolute atomic E-state index is 0.0181. The lowest BCUT2D eigenvalue weighted by atomic mass is 10.1. The molecule has 1 aliphatic rings. The van der Waals surface area contributed by atoms with Gasteiger partial charge in [0.2, 0.25) is 5.95 Å². The Morgan fingerprint density at radius 2 is 1.75 bits per heavy atom. The molecule has 36 heavy (non-hydrogen) atoms. The zero-order valence-corrected chi connectivity index (χ0v) is 19.5. The second-order valence-electron chi connectivity index (χ2n) is 8.52. The largest absolute Gasteiger partial charge is 0.487 e. The summed E-state index contributed by atoms with van der Waals surface area (Å²) in [5.74, 6) is 1.30. The van der Waals surface area contributed by atoms with Crippen molar-refractivity contribution >= 4 is 17.5 Å². The summed E-state index contributed by atoms with van der Waals surface area (Å²) in [7, 11) is 0. The summed E-state index contributed by atoms with van der Waals surface area (Å²) in [6.45, 7) is 2.76. The van der Waals surface area contributed by atoms with E-state index in [1.165, 1.54) is 0 Å². The van der Waals surface area contributed by atoms with Crippen molar-refractivity contribution in [1.29, 1.82) is 0 Å². The summed E-state index contributed by atoms with van der Waals surface area (Å²) in [6.07, 6.45) is 3.89. The maximum Gasteiger partial charge on any atom is 0.254 e. The molecule has 10 nitrogen and oxygen atoms in total. The van der Waals surface area contributed by atoms with E-state index in [0.29, 0.717) is 50.0 Å². The number of hydrogen-bond donors (Lipinski definition) is 0. The van der Waals surface area contributed by atoms with E-state index >= 15 is 0 Å². The second-order valence-corrected chi connectivity index (χ2v) is 8.52. The van der Waals surface area contributed by atoms with Crippen molar-refractivity contribution < 1.29 is 9.53 Å². The number of carbonyl (C=O) groups excluding carboxylic acids is 1. The summed E-state index contributed by atoms with van der Waals surface area (Å²) in [6, 6.07) is 23.0. The second kappa shape index (κ2) is 9.49. The van der Waals surface area contributed by atoms with Gasteiger partial charge in [0, 0.05) is 44.1 Å². The van der Waals surface area contributed by atoms with Crippen LogP contribution in [0, 0.1) is 0 Å². The third kappa shape index (κ3) is 4.36. The molecule has 3 aromatic heterocycles. The number of para-hydroxylation sites is 1. The standard InChI is InChI=1S/C26H24N8O2/c35-25(20-7-6-10-23(17-20)36-19-21-18-33-12-5-4-11-24(33)27-21)31-13-15-32(16-14-31)26-28-29-30-34(26)22-8-2-1-3-9-22/h1-12,17-18H,13-16,19H2. The zero-order chi connectivity index (χ0) is 24.3. The molecule has 1 aliphatic heterocycles. The van der Waals surface area contributed by atoms with Crippen LogP contribution in [0.4, 0.5) is 5.95 Å². The number of carbonyl (C=O) groups is 1. The van der Waals surface area contributed by atoms with Crippen molar-refractivity contribution in [1.82, 2.24) is 34.5 Å². The SMILES string of the molecule is O=C(c1cccc(OCc2cn3ccccc3n2)c1)N1CCN(c2nnnn2-c2ccccc2)CC1. The summed E-state index contributed by atoms with van der Waals surface area (Å²) < 4.78 is 9.62. The monoisotopic (exact) mass is 480 g/mol. The first-order valence-corrected chi connectivity index (χ1v) is 11.8. The molecule has 0 atom stereocenters. The minimum atomic E-state index is -0.0181. The number of fused-ring (bicyclic) bond motifs is 1. The summed E-state index contributed by atoms with van der Waals surface area (Å²) in [5, 5.41) is 12.2. The Hall–Kier alpha value is -4.73. The van der Waals surface area contributed by atoms with E-state index in [1.807, 2.05) is 88.4 Å². The Bertz CT molecular complexity index is 1460. The number of imidazole rings is 1. The quantitative estimate of drug-likeness (QED) is 0.369. The minimum Gasteiger partial charge on any atom is -0.487 e. The van der Waals surface area contributed by atoms with Crippen LogP contribution in [0.2, 0.25) is 0 Å². The maximum atomic E-state index is 13.2. The average molecular weight is 481 g/mol. The molecule has 0 spiro atoms. The molecule has 0 unspecified atom stereocenters. The Morgan fingerprint density at radius 3 is 2.58 bits per heavy atom. The van der Waals surface area contributed by atoms with Gasteiger partial charge in [-0.2, -0.15) is 4.68 Å². The number of tetrazole rings is 1. The van der Waals surface area contributed by atoms with Crippen LogP contribution in [0.3, 0.4) is 0 Å². The molecule has 0 bridgehead atoms. The predicted octanol–water partition coefficient (Wildman–Crippen LogP) is 2.85. The number of pyridine rings is 1. The van der Waals surface area contributed by atoms with Crippen molar-refractivity contribution in [2.75, 3.05) is 31.1 Å². The summed E-state index contributed by atoms with van der Waals surface area (Å²) in [4.78, 5) is 21.7. The van der Waals surface area contributed by atoms with Gasteiger partial charge in [0.05, 0.1) is 11.4 Å². The van der Waals surface area contributed by atoms with E-state index in [0.717, 1.165) is 17.0 Å². The number of benzene rings is 2. The van der Waals surface area contributed by atoms with E-state index in [4.69, 9.17) is 4.74 Å². The Kier molecular flexibility index (Phi) is 5.74. The normalized spacial score (nSPS) is 13.8. The molecule has 0 aliphatic carbocycles. The predicted molar refractivity (Wildman–Crippen MR) is 133 cm³/mol. The number of nitrogens with zero attached hydrogens (tertiary/aromatic N) is 8. The first kappa shape index (κ1) is 21.8. The van der Waals surface area contributed by atoms with Crippen LogP contribution in [0.25, 0.3) is 11.3 Å². The zero-order valence-electron chi connectivity index (χ0n) is 19.5. The third-order valence-electron chi connectivity index (χ3n) is 6.19. The topological polar surface area (TPSA) is 93.7 Å². The Balaban J connectivity index is 1.09. The van der Waals surface area contributed by atoms with Gasteiger partial charge in [-0.3, -0.25) is 4.79 Å². The van der Waals surface area contributed by atoms with Crippen molar-refractivity contribution in [3.8, 4) is 11.4 Å². The van der Waals surface area contributed by atoms with Crippen LogP contribution in [-0.2, 0) is 6.61 Å². The number of ether oxygens (including phenoxy) is 1. The van der Waals surface area contributed by atoms with E-state index in [1.54, 1.807) is 10.7 Å². The number of aromatic nitrogens is 6. The maximum absolute atomic E-state index is 13.2. The molecule has 0 saturated carbocycles. The average Bonchev–Trinajstić information content (AvgIpc) is 3.60. The van der Waals surface area contributed by atoms with Gasteiger partial charge in [-0.05, 0) is 52.9 Å². The Labute approximate surface area is 207 Å². The highest BCUT2D eigenvalue weighted by molar-refractivity contribution is 5.94. The number of hydrogen-bond acceptors (Lipinski definition) is 7. The molecule has 10 heteroatoms. The van der Waals surface area contributed by atoms with E-state index < -0.39 is 0 Å². The molecule has 1 saturated heterocycles. The molecule has 1 fully saturated rings. The fourth-order valence-corrected chi connectivity index (χ4v) is 4.34. The van der Waals surface area contributed by atoms with E-state index in [-0.39, 0.29) is 5.91 Å². The molecular weight excluding hydrogens is 456 g/mol. The fourth-order valence-electron chi connectivity index (χ4n) is 4.34.